The van der Waals surface area contributed by atoms with Crippen LogP contribution in [0.15, 0.2) is 24.3 Å². The predicted octanol–water partition coefficient (Wildman–Crippen LogP) is 13.6. The second kappa shape index (κ2) is 42.5. The quantitative estimate of drug-likeness (QED) is 0.0327. The van der Waals surface area contributed by atoms with Crippen molar-refractivity contribution in [2.45, 2.75) is 264 Å². The van der Waals surface area contributed by atoms with Gasteiger partial charge >= 0.3 is 5.97 Å². The van der Waals surface area contributed by atoms with Crippen LogP contribution in [0.4, 0.5) is 0 Å². The van der Waals surface area contributed by atoms with Crippen LogP contribution in [0.25, 0.3) is 0 Å². The molecule has 3 atom stereocenters. The topological polar surface area (TPSA) is 95.9 Å². The van der Waals surface area contributed by atoms with Crippen LogP contribution in [0.5, 0.6) is 0 Å². The van der Waals surface area contributed by atoms with Gasteiger partial charge in [-0.15, -0.1) is 0 Å². The van der Waals surface area contributed by atoms with Crippen LogP contribution in [-0.4, -0.2) is 46.9 Å². The summed E-state index contributed by atoms with van der Waals surface area (Å²) < 4.78 is 5.89. The van der Waals surface area contributed by atoms with E-state index in [0.717, 1.165) is 70.6 Å². The van der Waals surface area contributed by atoms with Gasteiger partial charge in [0, 0.05) is 6.42 Å². The number of carbonyl (C=O) groups excluding carboxylic acids is 2. The van der Waals surface area contributed by atoms with Crippen molar-refractivity contribution >= 4 is 11.9 Å². The highest BCUT2D eigenvalue weighted by molar-refractivity contribution is 5.77. The van der Waals surface area contributed by atoms with Crippen molar-refractivity contribution < 1.29 is 24.5 Å². The van der Waals surface area contributed by atoms with Gasteiger partial charge < -0.3 is 20.3 Å². The largest absolute Gasteiger partial charge is 0.462 e. The molecule has 0 aliphatic carbocycles. The van der Waals surface area contributed by atoms with Gasteiger partial charge in [0.1, 0.15) is 6.10 Å². The third kappa shape index (κ3) is 37.3. The number of aliphatic hydroxyl groups excluding tert-OH is 2. The lowest BCUT2D eigenvalue weighted by Gasteiger charge is -2.24. The highest BCUT2D eigenvalue weighted by Crippen LogP contribution is 2.17. The van der Waals surface area contributed by atoms with E-state index in [0.29, 0.717) is 19.3 Å². The summed E-state index contributed by atoms with van der Waals surface area (Å²) in [4.78, 5) is 25.9. The van der Waals surface area contributed by atoms with Crippen molar-refractivity contribution in [2.24, 2.45) is 0 Å². The maximum atomic E-state index is 13.1. The first-order valence-electron chi connectivity index (χ1n) is 23.6. The van der Waals surface area contributed by atoms with E-state index in [9.17, 15) is 19.8 Å². The third-order valence-corrected chi connectivity index (χ3v) is 10.8. The molecule has 6 heteroatoms. The van der Waals surface area contributed by atoms with E-state index in [1.165, 1.54) is 128 Å². The monoisotopic (exact) mass is 762 g/mol. The van der Waals surface area contributed by atoms with Gasteiger partial charge in [-0.3, -0.25) is 9.59 Å². The van der Waals surface area contributed by atoms with Crippen molar-refractivity contribution in [2.75, 3.05) is 6.61 Å². The van der Waals surface area contributed by atoms with Crippen molar-refractivity contribution in [3.05, 3.63) is 24.3 Å². The number of carbonyl (C=O) groups is 2. The van der Waals surface area contributed by atoms with Gasteiger partial charge in [0.05, 0.1) is 25.2 Å². The molecule has 0 aliphatic rings. The average molecular weight is 762 g/mol. The molecule has 54 heavy (non-hydrogen) atoms. The van der Waals surface area contributed by atoms with E-state index in [1.54, 1.807) is 0 Å². The summed E-state index contributed by atoms with van der Waals surface area (Å²) in [6.45, 7) is 6.44. The van der Waals surface area contributed by atoms with Crippen LogP contribution in [0, 0.1) is 0 Å². The molecule has 0 radical (unpaired) electrons. The van der Waals surface area contributed by atoms with Crippen LogP contribution < -0.4 is 5.32 Å². The van der Waals surface area contributed by atoms with E-state index in [2.05, 4.69) is 50.4 Å². The molecular weight excluding hydrogens is 671 g/mol. The second-order valence-electron chi connectivity index (χ2n) is 16.2. The zero-order chi connectivity index (χ0) is 39.6. The average Bonchev–Trinajstić information content (AvgIpc) is 3.16. The Bertz CT molecular complexity index is 858. The van der Waals surface area contributed by atoms with Gasteiger partial charge in [-0.2, -0.15) is 0 Å². The number of rotatable bonds is 42. The molecular formula is C48H91NO5. The Morgan fingerprint density at radius 3 is 1.39 bits per heavy atom. The first-order valence-corrected chi connectivity index (χ1v) is 23.6. The fourth-order valence-electron chi connectivity index (χ4n) is 7.19. The Morgan fingerprint density at radius 1 is 0.537 bits per heavy atom. The summed E-state index contributed by atoms with van der Waals surface area (Å²) in [6, 6.07) is -0.703. The van der Waals surface area contributed by atoms with Crippen LogP contribution in [-0.2, 0) is 14.3 Å². The molecule has 318 valence electrons. The smallest absolute Gasteiger partial charge is 0.306 e. The van der Waals surface area contributed by atoms with Crippen molar-refractivity contribution in [1.82, 2.24) is 5.32 Å². The lowest BCUT2D eigenvalue weighted by Crippen LogP contribution is -2.46. The number of unbranched alkanes of at least 4 members (excludes halogenated alkanes) is 27. The van der Waals surface area contributed by atoms with E-state index >= 15 is 0 Å². The molecule has 0 aromatic carbocycles. The Kier molecular flexibility index (Phi) is 41.2. The van der Waals surface area contributed by atoms with Gasteiger partial charge in [-0.25, -0.2) is 0 Å². The van der Waals surface area contributed by atoms with E-state index in [1.807, 2.05) is 0 Å². The Hall–Kier alpha value is -1.66. The SMILES string of the molecule is CCCCCCCCC/C=C/C=C/CCCCCC(CC(=O)NC(CO)C(O)CCCCCCCCCCC)OC(=O)CCCCCCCCCCCC. The normalized spacial score (nSPS) is 13.5. The van der Waals surface area contributed by atoms with E-state index in [4.69, 9.17) is 4.74 Å². The number of allylic oxidation sites excluding steroid dienone is 4. The molecule has 0 bridgehead atoms. The molecule has 0 aromatic rings. The molecule has 0 aromatic heterocycles. The zero-order valence-electron chi connectivity index (χ0n) is 36.1. The maximum Gasteiger partial charge on any atom is 0.306 e. The number of hydrogen-bond acceptors (Lipinski definition) is 5. The maximum absolute atomic E-state index is 13.1. The van der Waals surface area contributed by atoms with Crippen molar-refractivity contribution in [3.63, 3.8) is 0 Å². The van der Waals surface area contributed by atoms with Gasteiger partial charge in [-0.1, -0.05) is 206 Å². The number of nitrogens with one attached hydrogen (secondary N) is 1. The summed E-state index contributed by atoms with van der Waals surface area (Å²) in [7, 11) is 0. The highest BCUT2D eigenvalue weighted by atomic mass is 16.5. The molecule has 3 unspecified atom stereocenters. The van der Waals surface area contributed by atoms with Gasteiger partial charge in [0.25, 0.3) is 0 Å². The Morgan fingerprint density at radius 2 is 0.926 bits per heavy atom. The first kappa shape index (κ1) is 52.3. The Balaban J connectivity index is 4.63. The standard InChI is InChI=1S/C48H91NO5/c1-4-7-10-13-16-19-21-22-23-24-25-26-28-30-33-36-39-44(54-48(53)41-38-35-32-29-20-17-14-11-8-5-2)42-47(52)49-45(43-50)46(51)40-37-34-31-27-18-15-12-9-6-3/h23-26,44-46,50-51H,4-22,27-43H2,1-3H3,(H,49,52)/b24-23+,26-25+. The molecule has 0 aliphatic heterocycles. The van der Waals surface area contributed by atoms with Gasteiger partial charge in [0.2, 0.25) is 5.91 Å². The summed E-state index contributed by atoms with van der Waals surface area (Å²) in [5.74, 6) is -0.495. The van der Waals surface area contributed by atoms with Crippen LogP contribution in [0.1, 0.15) is 245 Å². The van der Waals surface area contributed by atoms with Crippen LogP contribution >= 0.6 is 0 Å². The fourth-order valence-corrected chi connectivity index (χ4v) is 7.19. The number of esters is 1. The van der Waals surface area contributed by atoms with Crippen molar-refractivity contribution in [1.29, 1.82) is 0 Å². The van der Waals surface area contributed by atoms with Gasteiger partial charge in [0.15, 0.2) is 0 Å². The molecule has 6 nitrogen and oxygen atoms in total. The molecule has 0 rings (SSSR count). The molecule has 0 spiro atoms. The van der Waals surface area contributed by atoms with E-state index in [-0.39, 0.29) is 24.9 Å². The number of aliphatic hydroxyl groups is 2. The Labute approximate surface area is 335 Å². The number of amides is 1. The molecule has 0 saturated heterocycles. The summed E-state index contributed by atoms with van der Waals surface area (Å²) in [5, 5.41) is 23.6. The first-order chi connectivity index (χ1) is 26.5. The lowest BCUT2D eigenvalue weighted by molar-refractivity contribution is -0.151. The minimum absolute atomic E-state index is 0.0639. The summed E-state index contributed by atoms with van der Waals surface area (Å²) >= 11 is 0. The minimum Gasteiger partial charge on any atom is -0.462 e. The minimum atomic E-state index is -0.788. The third-order valence-electron chi connectivity index (χ3n) is 10.8. The predicted molar refractivity (Wildman–Crippen MR) is 232 cm³/mol. The van der Waals surface area contributed by atoms with Gasteiger partial charge in [-0.05, 0) is 51.4 Å². The number of hydrogen-bond donors (Lipinski definition) is 3. The molecule has 0 saturated carbocycles. The van der Waals surface area contributed by atoms with Crippen molar-refractivity contribution in [3.8, 4) is 0 Å². The summed E-state index contributed by atoms with van der Waals surface area (Å²) in [6.07, 6.45) is 46.7. The second-order valence-corrected chi connectivity index (χ2v) is 16.2. The fraction of sp³-hybridized carbons (Fsp3) is 0.875. The molecule has 0 fully saturated rings. The van der Waals surface area contributed by atoms with Crippen LogP contribution in [0.3, 0.4) is 0 Å². The molecule has 0 heterocycles. The van der Waals surface area contributed by atoms with E-state index < -0.39 is 18.2 Å². The number of ether oxygens (including phenoxy) is 1. The zero-order valence-corrected chi connectivity index (χ0v) is 36.1. The van der Waals surface area contributed by atoms with Crippen LogP contribution in [0.2, 0.25) is 0 Å². The summed E-state index contributed by atoms with van der Waals surface area (Å²) in [5.41, 5.74) is 0. The lowest BCUT2D eigenvalue weighted by atomic mass is 10.0. The highest BCUT2D eigenvalue weighted by Gasteiger charge is 2.24. The molecule has 3 N–H and O–H groups in total. The molecule has 1 amide bonds.